The highest BCUT2D eigenvalue weighted by Crippen LogP contribution is 2.16. The van der Waals surface area contributed by atoms with Crippen molar-refractivity contribution in [2.24, 2.45) is 5.73 Å². The maximum absolute atomic E-state index is 5.82. The van der Waals surface area contributed by atoms with Crippen LogP contribution in [0.3, 0.4) is 0 Å². The Morgan fingerprint density at radius 3 is 2.30 bits per heavy atom. The van der Waals surface area contributed by atoms with Crippen molar-refractivity contribution in [1.82, 2.24) is 0 Å². The van der Waals surface area contributed by atoms with Gasteiger partial charge in [0.1, 0.15) is 0 Å². The molecule has 0 radical (unpaired) electrons. The van der Waals surface area contributed by atoms with Gasteiger partial charge in [-0.3, -0.25) is 0 Å². The Morgan fingerprint density at radius 1 is 1.50 bits per heavy atom. The summed E-state index contributed by atoms with van der Waals surface area (Å²) in [5.74, 6) is 0. The molecule has 10 heavy (non-hydrogen) atoms. The predicted octanol–water partition coefficient (Wildman–Crippen LogP) is 2.47. The van der Waals surface area contributed by atoms with Gasteiger partial charge in [0, 0.05) is 5.54 Å². The van der Waals surface area contributed by atoms with Crippen molar-refractivity contribution in [3.05, 3.63) is 12.2 Å². The SMILES string of the molecule is C=C(CCCC)C(C)(C)N. The summed E-state index contributed by atoms with van der Waals surface area (Å²) in [6.07, 6.45) is 3.49. The average molecular weight is 141 g/mol. The van der Waals surface area contributed by atoms with Crippen LogP contribution in [0.4, 0.5) is 0 Å². The van der Waals surface area contributed by atoms with Gasteiger partial charge in [-0.05, 0) is 26.7 Å². The molecule has 0 atom stereocenters. The molecule has 1 heteroatoms. The fourth-order valence-corrected chi connectivity index (χ4v) is 0.712. The Morgan fingerprint density at radius 2 is 2.00 bits per heavy atom. The van der Waals surface area contributed by atoms with Crippen molar-refractivity contribution in [3.8, 4) is 0 Å². The first kappa shape index (κ1) is 9.70. The smallest absolute Gasteiger partial charge is 0.0308 e. The molecule has 0 spiro atoms. The highest BCUT2D eigenvalue weighted by Gasteiger charge is 2.13. The fraction of sp³-hybridized carbons (Fsp3) is 0.778. The largest absolute Gasteiger partial charge is 0.322 e. The average Bonchev–Trinajstić information content (AvgIpc) is 1.80. The summed E-state index contributed by atoms with van der Waals surface area (Å²) >= 11 is 0. The Hall–Kier alpha value is -0.300. The van der Waals surface area contributed by atoms with Gasteiger partial charge in [0.2, 0.25) is 0 Å². The van der Waals surface area contributed by atoms with Crippen LogP contribution in [0.25, 0.3) is 0 Å². The van der Waals surface area contributed by atoms with Crippen molar-refractivity contribution in [2.45, 2.75) is 45.6 Å². The molecule has 0 saturated heterocycles. The molecule has 0 unspecified atom stereocenters. The molecule has 0 rings (SSSR count). The number of unbranched alkanes of at least 4 members (excludes halogenated alkanes) is 1. The molecular weight excluding hydrogens is 122 g/mol. The molecule has 0 fully saturated rings. The van der Waals surface area contributed by atoms with Crippen molar-refractivity contribution in [2.75, 3.05) is 0 Å². The van der Waals surface area contributed by atoms with E-state index in [2.05, 4.69) is 13.5 Å². The van der Waals surface area contributed by atoms with Crippen molar-refractivity contribution < 1.29 is 0 Å². The fourth-order valence-electron chi connectivity index (χ4n) is 0.712. The zero-order valence-electron chi connectivity index (χ0n) is 7.41. The van der Waals surface area contributed by atoms with E-state index in [1.54, 1.807) is 0 Å². The third-order valence-electron chi connectivity index (χ3n) is 1.74. The van der Waals surface area contributed by atoms with Gasteiger partial charge in [-0.2, -0.15) is 0 Å². The number of rotatable bonds is 4. The molecule has 0 aliphatic heterocycles. The van der Waals surface area contributed by atoms with Crippen LogP contribution >= 0.6 is 0 Å². The van der Waals surface area contributed by atoms with Crippen molar-refractivity contribution in [1.29, 1.82) is 0 Å². The third-order valence-corrected chi connectivity index (χ3v) is 1.74. The standard InChI is InChI=1S/C9H19N/c1-5-6-7-8(2)9(3,4)10/h2,5-7,10H2,1,3-4H3. The molecule has 0 aromatic rings. The lowest BCUT2D eigenvalue weighted by Gasteiger charge is -2.21. The van der Waals surface area contributed by atoms with Crippen molar-refractivity contribution in [3.63, 3.8) is 0 Å². The molecule has 0 saturated carbocycles. The molecule has 60 valence electrons. The zero-order valence-corrected chi connectivity index (χ0v) is 7.41. The summed E-state index contributed by atoms with van der Waals surface area (Å²) in [5, 5.41) is 0. The van der Waals surface area contributed by atoms with E-state index in [1.807, 2.05) is 13.8 Å². The molecule has 0 aromatic heterocycles. The molecule has 0 bridgehead atoms. The van der Waals surface area contributed by atoms with E-state index >= 15 is 0 Å². The lowest BCUT2D eigenvalue weighted by Crippen LogP contribution is -2.33. The van der Waals surface area contributed by atoms with Crippen LogP contribution < -0.4 is 5.73 Å². The Labute approximate surface area is 64.3 Å². The van der Waals surface area contributed by atoms with Gasteiger partial charge in [-0.15, -0.1) is 0 Å². The summed E-state index contributed by atoms with van der Waals surface area (Å²) in [6, 6.07) is 0. The highest BCUT2D eigenvalue weighted by atomic mass is 14.7. The Bertz CT molecular complexity index is 108. The summed E-state index contributed by atoms with van der Waals surface area (Å²) in [5.41, 5.74) is 6.80. The van der Waals surface area contributed by atoms with Crippen LogP contribution in [0.1, 0.15) is 40.0 Å². The van der Waals surface area contributed by atoms with Gasteiger partial charge in [0.05, 0.1) is 0 Å². The minimum Gasteiger partial charge on any atom is -0.322 e. The summed E-state index contributed by atoms with van der Waals surface area (Å²) in [6.45, 7) is 10.1. The summed E-state index contributed by atoms with van der Waals surface area (Å²) in [7, 11) is 0. The lowest BCUT2D eigenvalue weighted by atomic mass is 9.93. The topological polar surface area (TPSA) is 26.0 Å². The number of nitrogens with two attached hydrogens (primary N) is 1. The molecule has 0 amide bonds. The minimum atomic E-state index is -0.185. The van der Waals surface area contributed by atoms with E-state index in [9.17, 15) is 0 Å². The molecule has 1 nitrogen and oxygen atoms in total. The van der Waals surface area contributed by atoms with E-state index in [0.29, 0.717) is 0 Å². The van der Waals surface area contributed by atoms with Crippen LogP contribution in [0.15, 0.2) is 12.2 Å². The highest BCUT2D eigenvalue weighted by molar-refractivity contribution is 5.10. The second kappa shape index (κ2) is 3.77. The molecule has 0 aliphatic carbocycles. The maximum atomic E-state index is 5.82. The Kier molecular flexibility index (Phi) is 3.66. The van der Waals surface area contributed by atoms with Crippen LogP contribution in [-0.4, -0.2) is 5.54 Å². The van der Waals surface area contributed by atoms with Crippen LogP contribution in [0, 0.1) is 0 Å². The molecule has 2 N–H and O–H groups in total. The van der Waals surface area contributed by atoms with Crippen LogP contribution in [0.2, 0.25) is 0 Å². The molecular formula is C9H19N. The van der Waals surface area contributed by atoms with Crippen LogP contribution in [-0.2, 0) is 0 Å². The minimum absolute atomic E-state index is 0.185. The van der Waals surface area contributed by atoms with E-state index in [-0.39, 0.29) is 5.54 Å². The quantitative estimate of drug-likeness (QED) is 0.598. The summed E-state index contributed by atoms with van der Waals surface area (Å²) < 4.78 is 0. The molecule has 0 aliphatic rings. The second-order valence-corrected chi connectivity index (χ2v) is 3.43. The maximum Gasteiger partial charge on any atom is 0.0308 e. The van der Waals surface area contributed by atoms with Gasteiger partial charge in [0.25, 0.3) is 0 Å². The number of hydrogen-bond donors (Lipinski definition) is 1. The summed E-state index contributed by atoms with van der Waals surface area (Å²) in [4.78, 5) is 0. The van der Waals surface area contributed by atoms with Crippen LogP contribution in [0.5, 0.6) is 0 Å². The van der Waals surface area contributed by atoms with Gasteiger partial charge in [-0.25, -0.2) is 0 Å². The van der Waals surface area contributed by atoms with E-state index in [0.717, 1.165) is 12.0 Å². The third kappa shape index (κ3) is 3.67. The molecule has 0 heterocycles. The first-order valence-electron chi connectivity index (χ1n) is 3.95. The van der Waals surface area contributed by atoms with Gasteiger partial charge in [-0.1, -0.05) is 25.5 Å². The predicted molar refractivity (Wildman–Crippen MR) is 46.9 cm³/mol. The van der Waals surface area contributed by atoms with Crippen molar-refractivity contribution >= 4 is 0 Å². The van der Waals surface area contributed by atoms with E-state index < -0.39 is 0 Å². The lowest BCUT2D eigenvalue weighted by molar-refractivity contribution is 0.572. The Balaban J connectivity index is 3.64. The monoisotopic (exact) mass is 141 g/mol. The first-order valence-corrected chi connectivity index (χ1v) is 3.95. The van der Waals surface area contributed by atoms with E-state index in [4.69, 9.17) is 5.73 Å². The zero-order chi connectivity index (χ0) is 8.20. The number of hydrogen-bond acceptors (Lipinski definition) is 1. The molecule has 0 aromatic carbocycles. The first-order chi connectivity index (χ1) is 4.48. The van der Waals surface area contributed by atoms with Gasteiger partial charge in [0.15, 0.2) is 0 Å². The second-order valence-electron chi connectivity index (χ2n) is 3.43. The van der Waals surface area contributed by atoms with Gasteiger partial charge < -0.3 is 5.73 Å². The van der Waals surface area contributed by atoms with E-state index in [1.165, 1.54) is 12.8 Å². The normalized spacial score (nSPS) is 11.6. The van der Waals surface area contributed by atoms with Gasteiger partial charge >= 0.3 is 0 Å².